The van der Waals surface area contributed by atoms with Gasteiger partial charge in [0.15, 0.2) is 0 Å². The van der Waals surface area contributed by atoms with Crippen LogP contribution in [0.15, 0.2) is 0 Å². The Morgan fingerprint density at radius 2 is 2.11 bits per heavy atom. The first-order chi connectivity index (χ1) is 8.96. The van der Waals surface area contributed by atoms with Gasteiger partial charge in [0.25, 0.3) is 0 Å². The van der Waals surface area contributed by atoms with Gasteiger partial charge >= 0.3 is 0 Å². The van der Waals surface area contributed by atoms with Gasteiger partial charge in [0.2, 0.25) is 0 Å². The molecule has 0 aliphatic carbocycles. The molecule has 0 saturated carbocycles. The number of hydrogen-bond donors (Lipinski definition) is 1. The summed E-state index contributed by atoms with van der Waals surface area (Å²) < 4.78 is 5.94. The van der Waals surface area contributed by atoms with Crippen LogP contribution in [-0.2, 0) is 4.74 Å². The molecule has 0 spiro atoms. The highest BCUT2D eigenvalue weighted by Gasteiger charge is 2.34. The Bertz CT molecular complexity index is 272. The van der Waals surface area contributed by atoms with E-state index in [1.807, 2.05) is 0 Å². The molecule has 1 N–H and O–H groups in total. The van der Waals surface area contributed by atoms with Crippen molar-refractivity contribution in [3.63, 3.8) is 0 Å². The quantitative estimate of drug-likeness (QED) is 0.848. The second-order valence-electron chi connectivity index (χ2n) is 7.47. The fourth-order valence-electron chi connectivity index (χ4n) is 3.42. The van der Waals surface area contributed by atoms with E-state index in [2.05, 4.69) is 37.9 Å². The normalized spacial score (nSPS) is 32.7. The topological polar surface area (TPSA) is 24.5 Å². The first-order valence-corrected chi connectivity index (χ1v) is 8.07. The Morgan fingerprint density at radius 1 is 1.32 bits per heavy atom. The van der Waals surface area contributed by atoms with Gasteiger partial charge < -0.3 is 10.1 Å². The van der Waals surface area contributed by atoms with Crippen LogP contribution in [0.25, 0.3) is 0 Å². The summed E-state index contributed by atoms with van der Waals surface area (Å²) in [6, 6.07) is 0.679. The van der Waals surface area contributed by atoms with Crippen molar-refractivity contribution in [2.45, 2.75) is 71.1 Å². The molecule has 2 unspecified atom stereocenters. The number of nitrogens with one attached hydrogen (secondary N) is 1. The van der Waals surface area contributed by atoms with Crippen LogP contribution in [0, 0.1) is 5.92 Å². The SMILES string of the molecule is CC(C)CC1CNC(C)(C)CN1CC1CCCCO1. The van der Waals surface area contributed by atoms with E-state index in [0.717, 1.165) is 32.2 Å². The minimum Gasteiger partial charge on any atom is -0.377 e. The van der Waals surface area contributed by atoms with Crippen molar-refractivity contribution >= 4 is 0 Å². The van der Waals surface area contributed by atoms with Crippen LogP contribution in [0.4, 0.5) is 0 Å². The molecule has 2 aliphatic heterocycles. The zero-order valence-electron chi connectivity index (χ0n) is 13.2. The van der Waals surface area contributed by atoms with Gasteiger partial charge in [-0.25, -0.2) is 0 Å². The molecule has 2 saturated heterocycles. The molecule has 2 fully saturated rings. The van der Waals surface area contributed by atoms with E-state index < -0.39 is 0 Å². The van der Waals surface area contributed by atoms with E-state index in [4.69, 9.17) is 4.74 Å². The molecule has 0 radical (unpaired) electrons. The highest BCUT2D eigenvalue weighted by atomic mass is 16.5. The lowest BCUT2D eigenvalue weighted by Crippen LogP contribution is -2.63. The Morgan fingerprint density at radius 3 is 2.74 bits per heavy atom. The molecule has 2 atom stereocenters. The van der Waals surface area contributed by atoms with E-state index in [9.17, 15) is 0 Å². The zero-order chi connectivity index (χ0) is 13.9. The van der Waals surface area contributed by atoms with Crippen molar-refractivity contribution < 1.29 is 4.74 Å². The molecule has 2 heterocycles. The second kappa shape index (κ2) is 6.55. The Hall–Kier alpha value is -0.120. The van der Waals surface area contributed by atoms with Crippen molar-refractivity contribution in [3.8, 4) is 0 Å². The Labute approximate surface area is 119 Å². The van der Waals surface area contributed by atoms with Crippen LogP contribution in [0.5, 0.6) is 0 Å². The Balaban J connectivity index is 1.93. The lowest BCUT2D eigenvalue weighted by Gasteiger charge is -2.46. The van der Waals surface area contributed by atoms with Gasteiger partial charge in [-0.2, -0.15) is 0 Å². The largest absolute Gasteiger partial charge is 0.377 e. The molecule has 2 rings (SSSR count). The van der Waals surface area contributed by atoms with Gasteiger partial charge in [-0.05, 0) is 45.4 Å². The summed E-state index contributed by atoms with van der Waals surface area (Å²) in [7, 11) is 0. The maximum Gasteiger partial charge on any atom is 0.0702 e. The first kappa shape index (κ1) is 15.3. The molecule has 0 aromatic carbocycles. The maximum atomic E-state index is 5.94. The lowest BCUT2D eigenvalue weighted by molar-refractivity contribution is -0.0292. The summed E-state index contributed by atoms with van der Waals surface area (Å²) in [5, 5.41) is 3.70. The highest BCUT2D eigenvalue weighted by molar-refractivity contribution is 4.93. The summed E-state index contributed by atoms with van der Waals surface area (Å²) in [5.41, 5.74) is 0.238. The number of nitrogens with zero attached hydrogens (tertiary/aromatic N) is 1. The molecule has 2 aliphatic rings. The van der Waals surface area contributed by atoms with Crippen molar-refractivity contribution in [1.82, 2.24) is 10.2 Å². The monoisotopic (exact) mass is 268 g/mol. The summed E-state index contributed by atoms with van der Waals surface area (Å²) >= 11 is 0. The van der Waals surface area contributed by atoms with Gasteiger partial charge in [-0.1, -0.05) is 13.8 Å². The van der Waals surface area contributed by atoms with Crippen LogP contribution < -0.4 is 5.32 Å². The lowest BCUT2D eigenvalue weighted by atomic mass is 9.93. The van der Waals surface area contributed by atoms with Crippen LogP contribution in [0.2, 0.25) is 0 Å². The molecular formula is C16H32N2O. The molecule has 0 aromatic heterocycles. The molecular weight excluding hydrogens is 236 g/mol. The molecule has 3 heteroatoms. The number of rotatable bonds is 4. The summed E-state index contributed by atoms with van der Waals surface area (Å²) in [6.45, 7) is 13.6. The van der Waals surface area contributed by atoms with Crippen molar-refractivity contribution in [1.29, 1.82) is 0 Å². The number of hydrogen-bond acceptors (Lipinski definition) is 3. The van der Waals surface area contributed by atoms with Gasteiger partial charge in [-0.15, -0.1) is 0 Å². The molecule has 19 heavy (non-hydrogen) atoms. The predicted octanol–water partition coefficient (Wildman–Crippen LogP) is 2.65. The van der Waals surface area contributed by atoms with E-state index in [1.54, 1.807) is 0 Å². The Kier molecular flexibility index (Phi) is 5.27. The van der Waals surface area contributed by atoms with Gasteiger partial charge in [0, 0.05) is 37.8 Å². The van der Waals surface area contributed by atoms with E-state index in [0.29, 0.717) is 12.1 Å². The summed E-state index contributed by atoms with van der Waals surface area (Å²) in [6.07, 6.45) is 5.60. The van der Waals surface area contributed by atoms with Crippen molar-refractivity contribution in [2.75, 3.05) is 26.2 Å². The average molecular weight is 268 g/mol. The minimum atomic E-state index is 0.238. The zero-order valence-corrected chi connectivity index (χ0v) is 13.2. The number of ether oxygens (including phenoxy) is 1. The second-order valence-corrected chi connectivity index (χ2v) is 7.47. The predicted molar refractivity (Wildman–Crippen MR) is 80.5 cm³/mol. The third-order valence-corrected chi connectivity index (χ3v) is 4.39. The van der Waals surface area contributed by atoms with E-state index >= 15 is 0 Å². The smallest absolute Gasteiger partial charge is 0.0702 e. The van der Waals surface area contributed by atoms with Crippen LogP contribution in [0.3, 0.4) is 0 Å². The molecule has 0 bridgehead atoms. The van der Waals surface area contributed by atoms with Gasteiger partial charge in [0.05, 0.1) is 6.10 Å². The first-order valence-electron chi connectivity index (χ1n) is 8.07. The minimum absolute atomic E-state index is 0.238. The standard InChI is InChI=1S/C16H32N2O/c1-13(2)9-14-10-17-16(3,4)12-18(14)11-15-7-5-6-8-19-15/h13-15,17H,5-12H2,1-4H3. The molecule has 3 nitrogen and oxygen atoms in total. The van der Waals surface area contributed by atoms with E-state index in [-0.39, 0.29) is 5.54 Å². The van der Waals surface area contributed by atoms with Crippen LogP contribution in [-0.4, -0.2) is 48.8 Å². The molecule has 0 amide bonds. The van der Waals surface area contributed by atoms with Gasteiger partial charge in [0.1, 0.15) is 0 Å². The third-order valence-electron chi connectivity index (χ3n) is 4.39. The fraction of sp³-hybridized carbons (Fsp3) is 1.00. The van der Waals surface area contributed by atoms with Crippen molar-refractivity contribution in [3.05, 3.63) is 0 Å². The number of piperazine rings is 1. The highest BCUT2D eigenvalue weighted by Crippen LogP contribution is 2.23. The average Bonchev–Trinajstić information content (AvgIpc) is 2.33. The van der Waals surface area contributed by atoms with Crippen LogP contribution >= 0.6 is 0 Å². The summed E-state index contributed by atoms with van der Waals surface area (Å²) in [5.74, 6) is 0.766. The van der Waals surface area contributed by atoms with Crippen LogP contribution in [0.1, 0.15) is 53.4 Å². The third kappa shape index (κ3) is 4.73. The molecule has 0 aromatic rings. The van der Waals surface area contributed by atoms with E-state index in [1.165, 1.54) is 25.7 Å². The van der Waals surface area contributed by atoms with Gasteiger partial charge in [-0.3, -0.25) is 4.90 Å². The fourth-order valence-corrected chi connectivity index (χ4v) is 3.42. The van der Waals surface area contributed by atoms with Crippen molar-refractivity contribution in [2.24, 2.45) is 5.92 Å². The molecule has 112 valence electrons. The summed E-state index contributed by atoms with van der Waals surface area (Å²) in [4.78, 5) is 2.69. The maximum absolute atomic E-state index is 5.94.